The lowest BCUT2D eigenvalue weighted by Gasteiger charge is -2.18. The van der Waals surface area contributed by atoms with Gasteiger partial charge in [-0.1, -0.05) is 62.4 Å². The number of carbonyl (C=O) groups is 1. The van der Waals surface area contributed by atoms with Crippen LogP contribution in [0.25, 0.3) is 0 Å². The number of rotatable bonds is 8. The molecule has 0 spiro atoms. The van der Waals surface area contributed by atoms with Crippen LogP contribution in [0.5, 0.6) is 0 Å². The summed E-state index contributed by atoms with van der Waals surface area (Å²) in [7, 11) is 0. The van der Waals surface area contributed by atoms with E-state index in [1.807, 2.05) is 25.1 Å². The second kappa shape index (κ2) is 8.58. The van der Waals surface area contributed by atoms with Crippen LogP contribution in [0.4, 0.5) is 0 Å². The first kappa shape index (κ1) is 16.5. The molecular weight excluding hydrogens is 296 g/mol. The first-order valence-electron chi connectivity index (χ1n) is 7.61. The van der Waals surface area contributed by atoms with Crippen LogP contribution in [0, 0.1) is 0 Å². The van der Waals surface area contributed by atoms with Crippen molar-refractivity contribution >= 4 is 17.7 Å². The molecule has 2 rings (SSSR count). The Bertz CT molecular complexity index is 585. The van der Waals surface area contributed by atoms with Crippen LogP contribution >= 0.6 is 11.8 Å². The van der Waals surface area contributed by atoms with E-state index < -0.39 is 0 Å². The number of aromatic amines is 1. The number of hydrogen-bond acceptors (Lipinski definition) is 4. The lowest BCUT2D eigenvalue weighted by Crippen LogP contribution is -2.29. The van der Waals surface area contributed by atoms with Gasteiger partial charge < -0.3 is 5.32 Å². The molecule has 0 aliphatic carbocycles. The summed E-state index contributed by atoms with van der Waals surface area (Å²) in [5.74, 6) is 1.18. The van der Waals surface area contributed by atoms with E-state index in [0.29, 0.717) is 10.9 Å². The van der Waals surface area contributed by atoms with Gasteiger partial charge in [0.15, 0.2) is 0 Å². The van der Waals surface area contributed by atoms with E-state index in [4.69, 9.17) is 0 Å². The molecular formula is C16H22N4OS. The molecule has 2 N–H and O–H groups in total. The minimum atomic E-state index is 0.00940. The molecule has 22 heavy (non-hydrogen) atoms. The van der Waals surface area contributed by atoms with Crippen molar-refractivity contribution in [1.29, 1.82) is 0 Å². The van der Waals surface area contributed by atoms with Crippen molar-refractivity contribution in [3.05, 3.63) is 41.7 Å². The normalized spacial score (nSPS) is 12.1. The number of aryl methyl sites for hydroxylation is 1. The Kier molecular flexibility index (Phi) is 6.45. The smallest absolute Gasteiger partial charge is 0.230 e. The second-order valence-corrected chi connectivity index (χ2v) is 5.97. The van der Waals surface area contributed by atoms with Crippen molar-refractivity contribution in [3.63, 3.8) is 0 Å². The Morgan fingerprint density at radius 2 is 2.09 bits per heavy atom. The highest BCUT2D eigenvalue weighted by Crippen LogP contribution is 2.19. The van der Waals surface area contributed by atoms with E-state index in [0.717, 1.165) is 30.7 Å². The Hall–Kier alpha value is -1.82. The third-order valence-corrected chi connectivity index (χ3v) is 4.14. The molecule has 0 saturated heterocycles. The number of carbonyl (C=O) groups excluding carboxylic acids is 1. The van der Waals surface area contributed by atoms with Gasteiger partial charge in [0, 0.05) is 6.42 Å². The molecule has 5 nitrogen and oxygen atoms in total. The van der Waals surface area contributed by atoms with Gasteiger partial charge in [0.25, 0.3) is 0 Å². The minimum absolute atomic E-state index is 0.00940. The molecule has 0 aliphatic rings. The predicted molar refractivity (Wildman–Crippen MR) is 88.7 cm³/mol. The van der Waals surface area contributed by atoms with Gasteiger partial charge in [-0.15, -0.1) is 5.10 Å². The number of hydrogen-bond donors (Lipinski definition) is 2. The lowest BCUT2D eigenvalue weighted by atomic mass is 10.0. The van der Waals surface area contributed by atoms with Gasteiger partial charge in [0.05, 0.1) is 11.8 Å². The standard InChI is InChI=1S/C16H22N4OS/c1-3-8-13(12-9-6-5-7-10-12)17-15(21)11-22-16-18-14(4-2)19-20-16/h5-7,9-10,13H,3-4,8,11H2,1-2H3,(H,17,21)(H,18,19,20)/t13-/m0/s1. The van der Waals surface area contributed by atoms with E-state index in [1.54, 1.807) is 0 Å². The maximum atomic E-state index is 12.2. The third-order valence-electron chi connectivity index (χ3n) is 3.29. The van der Waals surface area contributed by atoms with Crippen LogP contribution in [0.1, 0.15) is 44.1 Å². The number of thioether (sulfide) groups is 1. The summed E-state index contributed by atoms with van der Waals surface area (Å²) in [5, 5.41) is 10.7. The molecule has 1 atom stereocenters. The lowest BCUT2D eigenvalue weighted by molar-refractivity contribution is -0.119. The van der Waals surface area contributed by atoms with E-state index >= 15 is 0 Å². The highest BCUT2D eigenvalue weighted by Gasteiger charge is 2.14. The molecule has 1 aromatic heterocycles. The van der Waals surface area contributed by atoms with E-state index in [9.17, 15) is 4.79 Å². The summed E-state index contributed by atoms with van der Waals surface area (Å²) in [4.78, 5) is 16.4. The monoisotopic (exact) mass is 318 g/mol. The largest absolute Gasteiger partial charge is 0.349 e. The van der Waals surface area contributed by atoms with Gasteiger partial charge in [-0.25, -0.2) is 4.98 Å². The molecule has 0 saturated carbocycles. The molecule has 0 radical (unpaired) electrons. The van der Waals surface area contributed by atoms with Crippen LogP contribution in [-0.2, 0) is 11.2 Å². The van der Waals surface area contributed by atoms with Gasteiger partial charge in [0.2, 0.25) is 11.1 Å². The summed E-state index contributed by atoms with van der Waals surface area (Å²) < 4.78 is 0. The van der Waals surface area contributed by atoms with Crippen LogP contribution in [-0.4, -0.2) is 26.8 Å². The second-order valence-electron chi connectivity index (χ2n) is 5.03. The fraction of sp³-hybridized carbons (Fsp3) is 0.438. The fourth-order valence-corrected chi connectivity index (χ4v) is 2.79. The van der Waals surface area contributed by atoms with Crippen LogP contribution in [0.15, 0.2) is 35.5 Å². The van der Waals surface area contributed by atoms with Gasteiger partial charge in [0.1, 0.15) is 5.82 Å². The first-order valence-corrected chi connectivity index (χ1v) is 8.59. The minimum Gasteiger partial charge on any atom is -0.349 e. The molecule has 118 valence electrons. The van der Waals surface area contributed by atoms with Gasteiger partial charge in [-0.3, -0.25) is 9.89 Å². The van der Waals surface area contributed by atoms with Crippen LogP contribution in [0.2, 0.25) is 0 Å². The molecule has 1 aromatic carbocycles. The Labute approximate surface area is 135 Å². The van der Waals surface area contributed by atoms with Crippen molar-refractivity contribution in [2.75, 3.05) is 5.75 Å². The van der Waals surface area contributed by atoms with Crippen molar-refractivity contribution < 1.29 is 4.79 Å². The SMILES string of the molecule is CCC[C@H](NC(=O)CSc1n[nH]c(CC)n1)c1ccccc1. The van der Waals surface area contributed by atoms with E-state index in [-0.39, 0.29) is 11.9 Å². The number of aromatic nitrogens is 3. The maximum absolute atomic E-state index is 12.2. The molecule has 0 unspecified atom stereocenters. The third kappa shape index (κ3) is 4.87. The maximum Gasteiger partial charge on any atom is 0.230 e. The molecule has 2 aromatic rings. The predicted octanol–water partition coefficient (Wildman–Crippen LogP) is 3.12. The van der Waals surface area contributed by atoms with E-state index in [2.05, 4.69) is 39.6 Å². The highest BCUT2D eigenvalue weighted by atomic mass is 32.2. The van der Waals surface area contributed by atoms with E-state index in [1.165, 1.54) is 11.8 Å². The number of benzene rings is 1. The Balaban J connectivity index is 1.88. The quantitative estimate of drug-likeness (QED) is 0.734. The number of nitrogens with zero attached hydrogens (tertiary/aromatic N) is 2. The molecule has 1 amide bonds. The Morgan fingerprint density at radius 1 is 1.32 bits per heavy atom. The van der Waals surface area contributed by atoms with Crippen molar-refractivity contribution in [1.82, 2.24) is 20.5 Å². The van der Waals surface area contributed by atoms with Gasteiger partial charge in [-0.05, 0) is 12.0 Å². The summed E-state index contributed by atoms with van der Waals surface area (Å²) in [6.45, 7) is 4.13. The first-order chi connectivity index (χ1) is 10.7. The number of nitrogens with one attached hydrogen (secondary N) is 2. The van der Waals surface area contributed by atoms with Crippen molar-refractivity contribution in [2.45, 2.75) is 44.3 Å². The average molecular weight is 318 g/mol. The summed E-state index contributed by atoms with van der Waals surface area (Å²) in [6.07, 6.45) is 2.77. The van der Waals surface area contributed by atoms with Crippen molar-refractivity contribution in [3.8, 4) is 0 Å². The molecule has 1 heterocycles. The molecule has 6 heteroatoms. The van der Waals surface area contributed by atoms with Crippen molar-refractivity contribution in [2.24, 2.45) is 0 Å². The fourth-order valence-electron chi connectivity index (χ4n) is 2.16. The zero-order chi connectivity index (χ0) is 15.8. The average Bonchev–Trinajstić information content (AvgIpc) is 3.01. The summed E-state index contributed by atoms with van der Waals surface area (Å²) in [6, 6.07) is 10.2. The summed E-state index contributed by atoms with van der Waals surface area (Å²) >= 11 is 1.35. The van der Waals surface area contributed by atoms with Crippen LogP contribution < -0.4 is 5.32 Å². The molecule has 0 bridgehead atoms. The highest BCUT2D eigenvalue weighted by molar-refractivity contribution is 7.99. The zero-order valence-electron chi connectivity index (χ0n) is 13.0. The molecule has 0 fully saturated rings. The number of H-pyrrole nitrogens is 1. The topological polar surface area (TPSA) is 70.7 Å². The van der Waals surface area contributed by atoms with Crippen LogP contribution in [0.3, 0.4) is 0 Å². The zero-order valence-corrected chi connectivity index (χ0v) is 13.8. The summed E-state index contributed by atoms with van der Waals surface area (Å²) in [5.41, 5.74) is 1.15. The van der Waals surface area contributed by atoms with Gasteiger partial charge in [-0.2, -0.15) is 0 Å². The number of amides is 1. The Morgan fingerprint density at radius 3 is 2.73 bits per heavy atom. The van der Waals surface area contributed by atoms with Gasteiger partial charge >= 0.3 is 0 Å². The molecule has 0 aliphatic heterocycles.